The fourth-order valence-electron chi connectivity index (χ4n) is 3.41. The molecule has 0 aromatic heterocycles. The Kier molecular flexibility index (Phi) is 6.02. The largest absolute Gasteiger partial charge is 0.481 e. The van der Waals surface area contributed by atoms with Gasteiger partial charge in [-0.3, -0.25) is 14.5 Å². The van der Waals surface area contributed by atoms with Crippen molar-refractivity contribution >= 4 is 30.0 Å². The summed E-state index contributed by atoms with van der Waals surface area (Å²) in [6.07, 6.45) is 3.31. The molecule has 1 aromatic carbocycles. The van der Waals surface area contributed by atoms with Gasteiger partial charge in [0.15, 0.2) is 0 Å². The van der Waals surface area contributed by atoms with Crippen LogP contribution in [0.1, 0.15) is 24.8 Å². The number of carboxylic acid groups (broad SMARTS) is 1. The van der Waals surface area contributed by atoms with Crippen molar-refractivity contribution in [3.05, 3.63) is 29.8 Å². The summed E-state index contributed by atoms with van der Waals surface area (Å²) in [6, 6.07) is 8.10. The average Bonchev–Trinajstić information content (AvgIpc) is 2.54. The summed E-state index contributed by atoms with van der Waals surface area (Å²) >= 11 is 0. The molecule has 1 amide bonds. The minimum absolute atomic E-state index is 0. The lowest BCUT2D eigenvalue weighted by atomic mass is 9.97. The number of anilines is 1. The van der Waals surface area contributed by atoms with E-state index < -0.39 is 5.97 Å². The standard InChI is InChI=1S/C17H22N2O3.ClH/c20-16(12-18-10-7-14(8-11-18)17(21)22)19-9-3-5-13-4-1-2-6-15(13)19;/h1-2,4,6,14H,3,5,7-12H2,(H,21,22);1H. The SMILES string of the molecule is Cl.O=C(O)C1CCN(CC(=O)N2CCCc3ccccc32)CC1. The van der Waals surface area contributed by atoms with Crippen LogP contribution in [0.5, 0.6) is 0 Å². The first-order chi connectivity index (χ1) is 10.6. The van der Waals surface area contributed by atoms with Crippen molar-refractivity contribution in [2.45, 2.75) is 25.7 Å². The summed E-state index contributed by atoms with van der Waals surface area (Å²) in [5.41, 5.74) is 2.28. The number of nitrogens with zero attached hydrogens (tertiary/aromatic N) is 2. The van der Waals surface area contributed by atoms with E-state index in [9.17, 15) is 9.59 Å². The summed E-state index contributed by atoms with van der Waals surface area (Å²) in [6.45, 7) is 2.55. The molecule has 5 nitrogen and oxygen atoms in total. The predicted octanol–water partition coefficient (Wildman–Crippen LogP) is 2.18. The fourth-order valence-corrected chi connectivity index (χ4v) is 3.41. The molecule has 1 aromatic rings. The minimum Gasteiger partial charge on any atom is -0.481 e. The Labute approximate surface area is 142 Å². The summed E-state index contributed by atoms with van der Waals surface area (Å²) < 4.78 is 0. The highest BCUT2D eigenvalue weighted by Gasteiger charge is 2.28. The Balaban J connectivity index is 0.00000192. The zero-order chi connectivity index (χ0) is 15.5. The maximum Gasteiger partial charge on any atom is 0.306 e. The Morgan fingerprint density at radius 2 is 1.83 bits per heavy atom. The van der Waals surface area contributed by atoms with E-state index in [0.717, 1.165) is 25.1 Å². The molecule has 2 aliphatic rings. The lowest BCUT2D eigenvalue weighted by Gasteiger charge is -2.34. The molecule has 0 unspecified atom stereocenters. The molecule has 2 aliphatic heterocycles. The number of carbonyl (C=O) groups is 2. The van der Waals surface area contributed by atoms with E-state index in [1.54, 1.807) is 0 Å². The smallest absolute Gasteiger partial charge is 0.306 e. The van der Waals surface area contributed by atoms with E-state index >= 15 is 0 Å². The first kappa shape index (κ1) is 17.8. The molecule has 6 heteroatoms. The topological polar surface area (TPSA) is 60.9 Å². The van der Waals surface area contributed by atoms with Gasteiger partial charge in [0.05, 0.1) is 12.5 Å². The predicted molar refractivity (Wildman–Crippen MR) is 91.2 cm³/mol. The van der Waals surface area contributed by atoms with Gasteiger partial charge in [-0.05, 0) is 50.4 Å². The number of hydrogen-bond donors (Lipinski definition) is 1. The first-order valence-electron chi connectivity index (χ1n) is 7.98. The molecule has 1 saturated heterocycles. The van der Waals surface area contributed by atoms with Gasteiger partial charge in [-0.25, -0.2) is 0 Å². The van der Waals surface area contributed by atoms with Crippen molar-refractivity contribution in [2.24, 2.45) is 5.92 Å². The highest BCUT2D eigenvalue weighted by atomic mass is 35.5. The second-order valence-electron chi connectivity index (χ2n) is 6.17. The van der Waals surface area contributed by atoms with E-state index in [2.05, 4.69) is 11.0 Å². The maximum atomic E-state index is 12.6. The molecule has 0 atom stereocenters. The lowest BCUT2D eigenvalue weighted by Crippen LogP contribution is -2.45. The first-order valence-corrected chi connectivity index (χ1v) is 7.98. The molecule has 0 aliphatic carbocycles. The van der Waals surface area contributed by atoms with Gasteiger partial charge in [0.2, 0.25) is 5.91 Å². The molecule has 1 N–H and O–H groups in total. The fraction of sp³-hybridized carbons (Fsp3) is 0.529. The van der Waals surface area contributed by atoms with Gasteiger partial charge >= 0.3 is 5.97 Å². The van der Waals surface area contributed by atoms with Crippen LogP contribution in [0.3, 0.4) is 0 Å². The molecule has 0 saturated carbocycles. The van der Waals surface area contributed by atoms with Gasteiger partial charge in [-0.1, -0.05) is 18.2 Å². The zero-order valence-corrected chi connectivity index (χ0v) is 13.9. The number of carboxylic acids is 1. The van der Waals surface area contributed by atoms with Crippen LogP contribution < -0.4 is 4.90 Å². The Bertz CT molecular complexity index is 571. The molecule has 0 bridgehead atoms. The van der Waals surface area contributed by atoms with E-state index in [-0.39, 0.29) is 24.2 Å². The number of rotatable bonds is 3. The number of aliphatic carboxylic acids is 1. The van der Waals surface area contributed by atoms with Gasteiger partial charge in [-0.15, -0.1) is 12.4 Å². The highest BCUT2D eigenvalue weighted by Crippen LogP contribution is 2.27. The Hall–Kier alpha value is -1.59. The third kappa shape index (κ3) is 4.03. The number of carbonyl (C=O) groups excluding carboxylic acids is 1. The molecule has 1 fully saturated rings. The van der Waals surface area contributed by atoms with E-state index in [1.807, 2.05) is 23.1 Å². The van der Waals surface area contributed by atoms with Crippen molar-refractivity contribution in [3.8, 4) is 0 Å². The zero-order valence-electron chi connectivity index (χ0n) is 13.1. The lowest BCUT2D eigenvalue weighted by molar-refractivity contribution is -0.143. The molecule has 3 rings (SSSR count). The number of fused-ring (bicyclic) bond motifs is 1. The molecule has 2 heterocycles. The number of para-hydroxylation sites is 1. The molecular weight excluding hydrogens is 316 g/mol. The van der Waals surface area contributed by atoms with Gasteiger partial charge in [0.1, 0.15) is 0 Å². The van der Waals surface area contributed by atoms with Gasteiger partial charge in [-0.2, -0.15) is 0 Å². The summed E-state index contributed by atoms with van der Waals surface area (Å²) in [4.78, 5) is 27.6. The van der Waals surface area contributed by atoms with Gasteiger partial charge < -0.3 is 10.0 Å². The molecule has 23 heavy (non-hydrogen) atoms. The number of piperidine rings is 1. The maximum absolute atomic E-state index is 12.6. The van der Waals surface area contributed by atoms with Crippen LogP contribution in [0.15, 0.2) is 24.3 Å². The quantitative estimate of drug-likeness (QED) is 0.917. The van der Waals surface area contributed by atoms with Crippen LogP contribution in [0.25, 0.3) is 0 Å². The van der Waals surface area contributed by atoms with Crippen LogP contribution in [0, 0.1) is 5.92 Å². The van der Waals surface area contributed by atoms with E-state index in [4.69, 9.17) is 5.11 Å². The number of aryl methyl sites for hydroxylation is 1. The van der Waals surface area contributed by atoms with Crippen LogP contribution in [-0.2, 0) is 16.0 Å². The monoisotopic (exact) mass is 338 g/mol. The van der Waals surface area contributed by atoms with Crippen LogP contribution in [0.4, 0.5) is 5.69 Å². The Morgan fingerprint density at radius 3 is 2.52 bits per heavy atom. The normalized spacial score (nSPS) is 18.9. The van der Waals surface area contributed by atoms with Crippen molar-refractivity contribution in [2.75, 3.05) is 31.1 Å². The van der Waals surface area contributed by atoms with Crippen molar-refractivity contribution in [3.63, 3.8) is 0 Å². The average molecular weight is 339 g/mol. The summed E-state index contributed by atoms with van der Waals surface area (Å²) in [7, 11) is 0. The van der Waals surface area contributed by atoms with Crippen LogP contribution in [0.2, 0.25) is 0 Å². The minimum atomic E-state index is -0.712. The second kappa shape index (κ2) is 7.79. The number of amides is 1. The number of likely N-dealkylation sites (tertiary alicyclic amines) is 1. The number of hydrogen-bond acceptors (Lipinski definition) is 3. The number of halogens is 1. The summed E-state index contributed by atoms with van der Waals surface area (Å²) in [5, 5.41) is 9.03. The summed E-state index contributed by atoms with van der Waals surface area (Å²) in [5.74, 6) is -0.834. The van der Waals surface area contributed by atoms with Crippen molar-refractivity contribution in [1.82, 2.24) is 4.90 Å². The van der Waals surface area contributed by atoms with Crippen LogP contribution >= 0.6 is 12.4 Å². The van der Waals surface area contributed by atoms with Gasteiger partial charge in [0, 0.05) is 12.2 Å². The van der Waals surface area contributed by atoms with Crippen molar-refractivity contribution < 1.29 is 14.7 Å². The second-order valence-corrected chi connectivity index (χ2v) is 6.17. The Morgan fingerprint density at radius 1 is 1.13 bits per heavy atom. The molecule has 0 radical (unpaired) electrons. The molecular formula is C17H23ClN2O3. The molecule has 0 spiro atoms. The number of benzene rings is 1. The third-order valence-electron chi connectivity index (χ3n) is 4.71. The molecule has 126 valence electrons. The van der Waals surface area contributed by atoms with Crippen LogP contribution in [-0.4, -0.2) is 48.1 Å². The van der Waals surface area contributed by atoms with E-state index in [1.165, 1.54) is 5.56 Å². The van der Waals surface area contributed by atoms with E-state index in [0.29, 0.717) is 32.5 Å². The van der Waals surface area contributed by atoms with Crippen molar-refractivity contribution in [1.29, 1.82) is 0 Å². The highest BCUT2D eigenvalue weighted by molar-refractivity contribution is 5.96. The third-order valence-corrected chi connectivity index (χ3v) is 4.71. The van der Waals surface area contributed by atoms with Gasteiger partial charge in [0.25, 0.3) is 0 Å².